The first-order chi connectivity index (χ1) is 13.1. The Hall–Kier alpha value is -2.79. The number of anilines is 1. The summed E-state index contributed by atoms with van der Waals surface area (Å²) >= 11 is 0.909. The molecular formula is C19H16F2N2O3S. The van der Waals surface area contributed by atoms with Crippen molar-refractivity contribution in [3.8, 4) is 17.6 Å². The van der Waals surface area contributed by atoms with Crippen LogP contribution >= 0.6 is 11.8 Å². The molecule has 140 valence electrons. The summed E-state index contributed by atoms with van der Waals surface area (Å²) in [5.74, 6) is -0.460. The first kappa shape index (κ1) is 19.0. The second-order valence-corrected chi connectivity index (χ2v) is 6.66. The second kappa shape index (κ2) is 8.73. The Labute approximate surface area is 159 Å². The van der Waals surface area contributed by atoms with Gasteiger partial charge in [-0.3, -0.25) is 4.79 Å². The zero-order valence-corrected chi connectivity index (χ0v) is 15.1. The average Bonchev–Trinajstić information content (AvgIpc) is 2.68. The highest BCUT2D eigenvalue weighted by Crippen LogP contribution is 2.34. The van der Waals surface area contributed by atoms with Gasteiger partial charge in [0.1, 0.15) is 24.8 Å². The number of hydrogen-bond acceptors (Lipinski definition) is 5. The molecule has 0 bridgehead atoms. The van der Waals surface area contributed by atoms with Crippen LogP contribution in [0.15, 0.2) is 41.3 Å². The van der Waals surface area contributed by atoms with Crippen molar-refractivity contribution in [1.82, 2.24) is 0 Å². The van der Waals surface area contributed by atoms with Crippen molar-refractivity contribution in [3.05, 3.63) is 48.0 Å². The number of rotatable bonds is 6. The SMILES string of the molecule is N#CCCN(C(=O)CSc1cc(F)ccc1F)c1ccc2c(c1)OCCO2. The predicted octanol–water partition coefficient (Wildman–Crippen LogP) is 3.77. The number of carbonyl (C=O) groups excluding carboxylic acids is 1. The van der Waals surface area contributed by atoms with Crippen molar-refractivity contribution in [2.75, 3.05) is 30.4 Å². The van der Waals surface area contributed by atoms with Crippen molar-refractivity contribution in [3.63, 3.8) is 0 Å². The number of nitrogens with zero attached hydrogens (tertiary/aromatic N) is 2. The van der Waals surface area contributed by atoms with E-state index in [0.29, 0.717) is 30.4 Å². The Morgan fingerprint density at radius 1 is 1.15 bits per heavy atom. The Morgan fingerprint density at radius 2 is 1.93 bits per heavy atom. The molecule has 27 heavy (non-hydrogen) atoms. The molecule has 2 aromatic carbocycles. The van der Waals surface area contributed by atoms with E-state index < -0.39 is 11.6 Å². The molecule has 5 nitrogen and oxygen atoms in total. The van der Waals surface area contributed by atoms with Crippen molar-refractivity contribution in [2.24, 2.45) is 0 Å². The largest absolute Gasteiger partial charge is 0.486 e. The number of hydrogen-bond donors (Lipinski definition) is 0. The van der Waals surface area contributed by atoms with Gasteiger partial charge in [0.2, 0.25) is 5.91 Å². The van der Waals surface area contributed by atoms with E-state index in [4.69, 9.17) is 14.7 Å². The molecule has 0 aliphatic carbocycles. The summed E-state index contributed by atoms with van der Waals surface area (Å²) < 4.78 is 38.0. The van der Waals surface area contributed by atoms with E-state index in [1.165, 1.54) is 4.90 Å². The molecule has 0 aromatic heterocycles. The molecule has 0 N–H and O–H groups in total. The third-order valence-electron chi connectivity index (χ3n) is 3.83. The molecule has 8 heteroatoms. The molecule has 3 rings (SSSR count). The summed E-state index contributed by atoms with van der Waals surface area (Å²) in [7, 11) is 0. The number of amides is 1. The number of nitriles is 1. The quantitative estimate of drug-likeness (QED) is 0.703. The van der Waals surface area contributed by atoms with Crippen LogP contribution in [-0.2, 0) is 4.79 Å². The summed E-state index contributed by atoms with van der Waals surface area (Å²) in [4.78, 5) is 14.2. The maximum atomic E-state index is 13.7. The Balaban J connectivity index is 1.76. The molecule has 0 radical (unpaired) electrons. The van der Waals surface area contributed by atoms with Gasteiger partial charge in [-0.2, -0.15) is 5.26 Å². The van der Waals surface area contributed by atoms with Gasteiger partial charge in [0.25, 0.3) is 0 Å². The van der Waals surface area contributed by atoms with Crippen LogP contribution in [0, 0.1) is 23.0 Å². The van der Waals surface area contributed by atoms with E-state index in [2.05, 4.69) is 0 Å². The molecule has 0 spiro atoms. The summed E-state index contributed by atoms with van der Waals surface area (Å²) in [6, 6.07) is 10.2. The summed E-state index contributed by atoms with van der Waals surface area (Å²) in [6.45, 7) is 1.05. The fourth-order valence-corrected chi connectivity index (χ4v) is 3.40. The van der Waals surface area contributed by atoms with Gasteiger partial charge in [0, 0.05) is 23.2 Å². The van der Waals surface area contributed by atoms with Crippen molar-refractivity contribution < 1.29 is 23.0 Å². The number of benzene rings is 2. The minimum atomic E-state index is -0.586. The van der Waals surface area contributed by atoms with Crippen LogP contribution in [0.5, 0.6) is 11.5 Å². The summed E-state index contributed by atoms with van der Waals surface area (Å²) in [6.07, 6.45) is 0.138. The molecule has 0 atom stereocenters. The second-order valence-electron chi connectivity index (χ2n) is 5.64. The first-order valence-corrected chi connectivity index (χ1v) is 9.22. The fourth-order valence-electron chi connectivity index (χ4n) is 2.56. The van der Waals surface area contributed by atoms with Gasteiger partial charge in [-0.1, -0.05) is 0 Å². The third kappa shape index (κ3) is 4.68. The van der Waals surface area contributed by atoms with Crippen LogP contribution in [0.1, 0.15) is 6.42 Å². The Morgan fingerprint density at radius 3 is 2.70 bits per heavy atom. The van der Waals surface area contributed by atoms with E-state index >= 15 is 0 Å². The van der Waals surface area contributed by atoms with Crippen LogP contribution in [0.3, 0.4) is 0 Å². The maximum absolute atomic E-state index is 13.7. The van der Waals surface area contributed by atoms with E-state index in [0.717, 1.165) is 30.0 Å². The zero-order valence-electron chi connectivity index (χ0n) is 14.3. The highest BCUT2D eigenvalue weighted by atomic mass is 32.2. The number of ether oxygens (including phenoxy) is 2. The van der Waals surface area contributed by atoms with E-state index in [-0.39, 0.29) is 29.5 Å². The third-order valence-corrected chi connectivity index (χ3v) is 4.85. The molecule has 0 saturated heterocycles. The normalized spacial score (nSPS) is 12.3. The molecule has 1 aliphatic rings. The number of carbonyl (C=O) groups is 1. The number of thioether (sulfide) groups is 1. The molecule has 1 amide bonds. The molecule has 0 fully saturated rings. The molecule has 0 saturated carbocycles. The van der Waals surface area contributed by atoms with Crippen LogP contribution in [0.25, 0.3) is 0 Å². The van der Waals surface area contributed by atoms with E-state index in [1.807, 2.05) is 6.07 Å². The van der Waals surface area contributed by atoms with Crippen molar-refractivity contribution in [1.29, 1.82) is 5.26 Å². The van der Waals surface area contributed by atoms with Gasteiger partial charge in [0.15, 0.2) is 11.5 Å². The molecular weight excluding hydrogens is 374 g/mol. The van der Waals surface area contributed by atoms with Gasteiger partial charge in [0.05, 0.1) is 18.2 Å². The molecule has 1 heterocycles. The lowest BCUT2D eigenvalue weighted by molar-refractivity contribution is -0.116. The highest BCUT2D eigenvalue weighted by Gasteiger charge is 2.20. The lowest BCUT2D eigenvalue weighted by Gasteiger charge is -2.24. The lowest BCUT2D eigenvalue weighted by atomic mass is 10.2. The minimum Gasteiger partial charge on any atom is -0.486 e. The topological polar surface area (TPSA) is 62.6 Å². The molecule has 2 aromatic rings. The van der Waals surface area contributed by atoms with E-state index in [9.17, 15) is 13.6 Å². The van der Waals surface area contributed by atoms with Crippen LogP contribution in [0.2, 0.25) is 0 Å². The molecule has 0 unspecified atom stereocenters. The Kier molecular flexibility index (Phi) is 6.14. The minimum absolute atomic E-state index is 0.0609. The monoisotopic (exact) mass is 390 g/mol. The van der Waals surface area contributed by atoms with Crippen LogP contribution in [0.4, 0.5) is 14.5 Å². The molecule has 1 aliphatic heterocycles. The van der Waals surface area contributed by atoms with Gasteiger partial charge in [-0.25, -0.2) is 8.78 Å². The van der Waals surface area contributed by atoms with Crippen molar-refractivity contribution >= 4 is 23.4 Å². The van der Waals surface area contributed by atoms with Gasteiger partial charge < -0.3 is 14.4 Å². The van der Waals surface area contributed by atoms with Crippen LogP contribution < -0.4 is 14.4 Å². The van der Waals surface area contributed by atoms with Crippen molar-refractivity contribution in [2.45, 2.75) is 11.3 Å². The smallest absolute Gasteiger partial charge is 0.237 e. The number of halogens is 2. The summed E-state index contributed by atoms with van der Waals surface area (Å²) in [5.41, 5.74) is 0.555. The lowest BCUT2D eigenvalue weighted by Crippen LogP contribution is -2.33. The standard InChI is InChI=1S/C19H16F2N2O3S/c20-13-2-4-15(21)18(10-13)27-12-19(24)23(7-1-6-22)14-3-5-16-17(11-14)26-9-8-25-16/h2-5,10-11H,1,7-9,12H2. The van der Waals surface area contributed by atoms with Gasteiger partial charge in [-0.05, 0) is 30.3 Å². The zero-order chi connectivity index (χ0) is 19.2. The summed E-state index contributed by atoms with van der Waals surface area (Å²) in [5, 5.41) is 8.88. The van der Waals surface area contributed by atoms with Gasteiger partial charge >= 0.3 is 0 Å². The Bertz CT molecular complexity index is 886. The first-order valence-electron chi connectivity index (χ1n) is 8.23. The predicted molar refractivity (Wildman–Crippen MR) is 97.1 cm³/mol. The van der Waals surface area contributed by atoms with E-state index in [1.54, 1.807) is 18.2 Å². The fraction of sp³-hybridized carbons (Fsp3) is 0.263. The van der Waals surface area contributed by atoms with Crippen LogP contribution in [-0.4, -0.2) is 31.4 Å². The average molecular weight is 390 g/mol. The highest BCUT2D eigenvalue weighted by molar-refractivity contribution is 8.00. The van der Waals surface area contributed by atoms with Gasteiger partial charge in [-0.15, -0.1) is 11.8 Å². The number of fused-ring (bicyclic) bond motifs is 1. The maximum Gasteiger partial charge on any atom is 0.237 e.